The molecule has 0 fully saturated rings. The molecule has 0 radical (unpaired) electrons. The molecule has 0 unspecified atom stereocenters. The Balaban J connectivity index is 0.000000195. The highest BCUT2D eigenvalue weighted by Gasteiger charge is 1.86. The molecule has 0 saturated carbocycles. The van der Waals surface area contributed by atoms with Crippen molar-refractivity contribution in [3.8, 4) is 0 Å². The lowest BCUT2D eigenvalue weighted by Gasteiger charge is -1.94. The van der Waals surface area contributed by atoms with E-state index >= 15 is 0 Å². The number of benzene rings is 1. The highest BCUT2D eigenvalue weighted by Crippen LogP contribution is 2.09. The maximum atomic E-state index is 4.84. The standard InChI is InChI=1S/C9H7N.H6N3PS/c1-2-4-9-7-10-6-5-8(9)3-1;1-4(2,3)5/h1-7H;(H6,1,2,3,5). The Morgan fingerprint density at radius 1 is 1.00 bits per heavy atom. The largest absolute Gasteiger partial charge is 0.280 e. The van der Waals surface area contributed by atoms with Gasteiger partial charge in [0.05, 0.1) is 0 Å². The molecule has 15 heavy (non-hydrogen) atoms. The van der Waals surface area contributed by atoms with Crippen molar-refractivity contribution < 1.29 is 0 Å². The van der Waals surface area contributed by atoms with Crippen LogP contribution in [0.25, 0.3) is 10.8 Å². The second-order valence-electron chi connectivity index (χ2n) is 2.99. The van der Waals surface area contributed by atoms with Gasteiger partial charge in [-0.1, -0.05) is 24.3 Å². The summed E-state index contributed by atoms with van der Waals surface area (Å²) in [5.41, 5.74) is 14.5. The molecule has 6 N–H and O–H groups in total. The van der Waals surface area contributed by atoms with E-state index in [1.165, 1.54) is 10.8 Å². The zero-order valence-corrected chi connectivity index (χ0v) is 9.79. The molecule has 1 aromatic carbocycles. The molecule has 4 nitrogen and oxygen atoms in total. The lowest BCUT2D eigenvalue weighted by atomic mass is 10.2. The quantitative estimate of drug-likeness (QED) is 0.604. The number of rotatable bonds is 0. The van der Waals surface area contributed by atoms with Crippen LogP contribution in [0.15, 0.2) is 42.7 Å². The second kappa shape index (κ2) is 5.30. The van der Waals surface area contributed by atoms with Crippen LogP contribution < -0.4 is 16.5 Å². The molecule has 80 valence electrons. The third kappa shape index (κ3) is 5.57. The summed E-state index contributed by atoms with van der Waals surface area (Å²) in [6.07, 6.45) is 3.68. The lowest BCUT2D eigenvalue weighted by molar-refractivity contribution is 1.36. The molecule has 0 amide bonds. The fourth-order valence-corrected chi connectivity index (χ4v) is 1.03. The van der Waals surface area contributed by atoms with Crippen LogP contribution in [0, 0.1) is 0 Å². The second-order valence-corrected chi connectivity index (χ2v) is 6.41. The normalized spacial score (nSPS) is 10.6. The van der Waals surface area contributed by atoms with Crippen molar-refractivity contribution in [3.63, 3.8) is 0 Å². The first-order chi connectivity index (χ1) is 6.97. The zero-order valence-electron chi connectivity index (χ0n) is 8.08. The van der Waals surface area contributed by atoms with Crippen LogP contribution in [0.2, 0.25) is 0 Å². The minimum atomic E-state index is -2.31. The van der Waals surface area contributed by atoms with E-state index in [-0.39, 0.29) is 0 Å². The number of nitrogens with two attached hydrogens (primary N) is 3. The molecular formula is C9H13N4PS. The Bertz CT molecular complexity index is 408. The van der Waals surface area contributed by atoms with Gasteiger partial charge in [-0.3, -0.25) is 21.5 Å². The molecule has 1 aromatic heterocycles. The van der Waals surface area contributed by atoms with Gasteiger partial charge in [0.1, 0.15) is 6.49 Å². The van der Waals surface area contributed by atoms with E-state index in [1.54, 1.807) is 0 Å². The van der Waals surface area contributed by atoms with Gasteiger partial charge >= 0.3 is 0 Å². The zero-order chi connectivity index (χ0) is 11.3. The number of pyridine rings is 1. The predicted molar refractivity (Wildman–Crippen MR) is 68.6 cm³/mol. The molecular weight excluding hydrogens is 227 g/mol. The Labute approximate surface area is 93.6 Å². The first-order valence-electron chi connectivity index (χ1n) is 4.21. The van der Waals surface area contributed by atoms with E-state index in [0.29, 0.717) is 0 Å². The van der Waals surface area contributed by atoms with E-state index in [0.717, 1.165) is 0 Å². The summed E-state index contributed by atoms with van der Waals surface area (Å²) in [6.45, 7) is -2.31. The first-order valence-corrected chi connectivity index (χ1v) is 7.22. The molecule has 0 spiro atoms. The molecule has 6 heteroatoms. The fraction of sp³-hybridized carbons (Fsp3) is 0. The van der Waals surface area contributed by atoms with Crippen LogP contribution in [-0.4, -0.2) is 4.98 Å². The highest BCUT2D eigenvalue weighted by atomic mass is 32.4. The van der Waals surface area contributed by atoms with Crippen LogP contribution >= 0.6 is 6.49 Å². The topological polar surface area (TPSA) is 91.0 Å². The molecule has 0 aliphatic carbocycles. The van der Waals surface area contributed by atoms with E-state index in [4.69, 9.17) is 16.5 Å². The van der Waals surface area contributed by atoms with Crippen molar-refractivity contribution in [1.82, 2.24) is 4.98 Å². The molecule has 0 aliphatic rings. The van der Waals surface area contributed by atoms with Crippen molar-refractivity contribution in [3.05, 3.63) is 42.7 Å². The lowest BCUT2D eigenvalue weighted by Crippen LogP contribution is -2.11. The summed E-state index contributed by atoms with van der Waals surface area (Å²) < 4.78 is 0. The molecule has 0 bridgehead atoms. The van der Waals surface area contributed by atoms with Crippen LogP contribution in [-0.2, 0) is 11.8 Å². The maximum absolute atomic E-state index is 4.84. The average molecular weight is 240 g/mol. The molecule has 2 rings (SSSR count). The van der Waals surface area contributed by atoms with Gasteiger partial charge in [0.2, 0.25) is 0 Å². The van der Waals surface area contributed by atoms with Crippen molar-refractivity contribution in [1.29, 1.82) is 0 Å². The van der Waals surface area contributed by atoms with Gasteiger partial charge in [-0.05, 0) is 28.6 Å². The third-order valence-electron chi connectivity index (χ3n) is 1.55. The fourth-order valence-electron chi connectivity index (χ4n) is 1.03. The van der Waals surface area contributed by atoms with E-state index in [1.807, 2.05) is 30.6 Å². The Hall–Kier alpha value is -0.840. The third-order valence-corrected chi connectivity index (χ3v) is 1.55. The summed E-state index contributed by atoms with van der Waals surface area (Å²) in [4.78, 5) is 4.01. The monoisotopic (exact) mass is 240 g/mol. The summed E-state index contributed by atoms with van der Waals surface area (Å²) in [5.74, 6) is 0. The smallest absolute Gasteiger partial charge is 0.129 e. The van der Waals surface area contributed by atoms with Crippen LogP contribution in [0.5, 0.6) is 0 Å². The van der Waals surface area contributed by atoms with Crippen LogP contribution in [0.1, 0.15) is 0 Å². The molecule has 0 atom stereocenters. The van der Waals surface area contributed by atoms with E-state index in [2.05, 4.69) is 28.9 Å². The minimum absolute atomic E-state index is 1.20. The van der Waals surface area contributed by atoms with Gasteiger partial charge < -0.3 is 0 Å². The molecule has 2 aromatic rings. The minimum Gasteiger partial charge on any atom is -0.280 e. The Morgan fingerprint density at radius 2 is 1.53 bits per heavy atom. The van der Waals surface area contributed by atoms with Gasteiger partial charge in [-0.15, -0.1) is 0 Å². The van der Waals surface area contributed by atoms with Gasteiger partial charge in [0, 0.05) is 12.4 Å². The number of fused-ring (bicyclic) bond motifs is 1. The first kappa shape index (κ1) is 12.2. The van der Waals surface area contributed by atoms with Crippen LogP contribution in [0.4, 0.5) is 0 Å². The van der Waals surface area contributed by atoms with Crippen molar-refractivity contribution in [2.24, 2.45) is 16.5 Å². The maximum Gasteiger partial charge on any atom is 0.129 e. The summed E-state index contributed by atoms with van der Waals surface area (Å²) >= 11 is 4.27. The van der Waals surface area contributed by atoms with Crippen molar-refractivity contribution in [2.45, 2.75) is 0 Å². The van der Waals surface area contributed by atoms with E-state index in [9.17, 15) is 0 Å². The summed E-state index contributed by atoms with van der Waals surface area (Å²) in [6, 6.07) is 10.2. The molecule has 1 heterocycles. The number of nitrogens with zero attached hydrogens (tertiary/aromatic N) is 1. The average Bonchev–Trinajstić information content (AvgIpc) is 2.16. The van der Waals surface area contributed by atoms with Crippen LogP contribution in [0.3, 0.4) is 0 Å². The summed E-state index contributed by atoms with van der Waals surface area (Å²) in [7, 11) is 0. The van der Waals surface area contributed by atoms with Crippen molar-refractivity contribution >= 4 is 29.1 Å². The van der Waals surface area contributed by atoms with Gasteiger partial charge in [-0.25, -0.2) is 0 Å². The number of hydrogen-bond donors (Lipinski definition) is 3. The SMILES string of the molecule is NP(N)(N)=S.c1ccc2cnccc2c1. The Morgan fingerprint density at radius 3 is 2.07 bits per heavy atom. The highest BCUT2D eigenvalue weighted by molar-refractivity contribution is 8.11. The Kier molecular flexibility index (Phi) is 4.32. The molecule has 0 saturated heterocycles. The van der Waals surface area contributed by atoms with Gasteiger partial charge in [-0.2, -0.15) is 0 Å². The number of hydrogen-bond acceptors (Lipinski definition) is 2. The van der Waals surface area contributed by atoms with Gasteiger partial charge in [0.15, 0.2) is 0 Å². The molecule has 0 aliphatic heterocycles. The summed E-state index contributed by atoms with van der Waals surface area (Å²) in [5, 5.41) is 2.45. The number of aromatic nitrogens is 1. The van der Waals surface area contributed by atoms with E-state index < -0.39 is 6.49 Å². The van der Waals surface area contributed by atoms with Crippen molar-refractivity contribution in [2.75, 3.05) is 0 Å². The predicted octanol–water partition coefficient (Wildman–Crippen LogP) is 1.32. The van der Waals surface area contributed by atoms with Gasteiger partial charge in [0.25, 0.3) is 0 Å².